The quantitative estimate of drug-likeness (QED) is 0.745. The molecular weight excluding hydrogens is 376 g/mol. The second kappa shape index (κ2) is 7.02. The van der Waals surface area contributed by atoms with Crippen LogP contribution in [-0.2, 0) is 13.1 Å². The minimum absolute atomic E-state index is 0.231. The molecule has 2 N–H and O–H groups in total. The highest BCUT2D eigenvalue weighted by atomic mass is 79.9. The molecule has 0 fully saturated rings. The van der Waals surface area contributed by atoms with Gasteiger partial charge in [0.2, 0.25) is 0 Å². The van der Waals surface area contributed by atoms with Crippen molar-refractivity contribution in [2.24, 2.45) is 0 Å². The molecule has 1 heterocycles. The molecule has 1 aromatic carbocycles. The first kappa shape index (κ1) is 14.5. The summed E-state index contributed by atoms with van der Waals surface area (Å²) >= 11 is 6.64. The largest absolute Gasteiger partial charge is 0.506 e. The molecule has 0 atom stereocenters. The number of nitrogens with one attached hydrogen (secondary N) is 1. The van der Waals surface area contributed by atoms with E-state index in [0.717, 1.165) is 31.6 Å². The highest BCUT2D eigenvalue weighted by molar-refractivity contribution is 9.11. The fraction of sp³-hybridized carbons (Fsp3) is 0.333. The van der Waals surface area contributed by atoms with Crippen LogP contribution in [0.15, 0.2) is 33.5 Å². The molecule has 0 aliphatic heterocycles. The van der Waals surface area contributed by atoms with Gasteiger partial charge in [-0.05, 0) is 62.5 Å². The molecule has 1 aromatic heterocycles. The van der Waals surface area contributed by atoms with Crippen molar-refractivity contribution < 1.29 is 5.11 Å². The van der Waals surface area contributed by atoms with E-state index in [4.69, 9.17) is 0 Å². The number of phenols is 1. The summed E-state index contributed by atoms with van der Waals surface area (Å²) in [5, 5.41) is 20.6. The Labute approximate surface area is 128 Å². The Kier molecular flexibility index (Phi) is 5.35. The molecule has 2 aromatic rings. The maximum absolute atomic E-state index is 9.62. The van der Waals surface area contributed by atoms with E-state index in [-0.39, 0.29) is 5.75 Å². The third kappa shape index (κ3) is 4.29. The molecule has 0 radical (unpaired) electrons. The van der Waals surface area contributed by atoms with Gasteiger partial charge in [0.05, 0.1) is 15.1 Å². The molecule has 0 saturated heterocycles. The number of nitrogens with zero attached hydrogens (tertiary/aromatic N) is 3. The van der Waals surface area contributed by atoms with Gasteiger partial charge in [-0.3, -0.25) is 4.68 Å². The van der Waals surface area contributed by atoms with Gasteiger partial charge in [0, 0.05) is 19.3 Å². The lowest BCUT2D eigenvalue weighted by Crippen LogP contribution is -2.16. The first-order valence-electron chi connectivity index (χ1n) is 5.88. The van der Waals surface area contributed by atoms with Crippen molar-refractivity contribution in [3.63, 3.8) is 0 Å². The van der Waals surface area contributed by atoms with E-state index in [9.17, 15) is 5.11 Å². The topological polar surface area (TPSA) is 63.0 Å². The van der Waals surface area contributed by atoms with Crippen molar-refractivity contribution in [1.82, 2.24) is 20.3 Å². The zero-order valence-electron chi connectivity index (χ0n) is 10.2. The van der Waals surface area contributed by atoms with Gasteiger partial charge in [-0.1, -0.05) is 5.21 Å². The molecule has 19 heavy (non-hydrogen) atoms. The second-order valence-electron chi connectivity index (χ2n) is 4.10. The van der Waals surface area contributed by atoms with Crippen LogP contribution in [0, 0.1) is 0 Å². The fourth-order valence-corrected chi connectivity index (χ4v) is 2.95. The summed E-state index contributed by atoms with van der Waals surface area (Å²) in [5.41, 5.74) is 1.11. The number of aromatic hydroxyl groups is 1. The number of aromatic nitrogens is 3. The molecule has 0 aliphatic carbocycles. The molecule has 7 heteroatoms. The average Bonchev–Trinajstić information content (AvgIpc) is 2.88. The van der Waals surface area contributed by atoms with Crippen molar-refractivity contribution in [2.45, 2.75) is 19.5 Å². The van der Waals surface area contributed by atoms with Crippen molar-refractivity contribution in [3.8, 4) is 5.75 Å². The summed E-state index contributed by atoms with van der Waals surface area (Å²) in [4.78, 5) is 0. The molecule has 5 nitrogen and oxygen atoms in total. The number of hydrogen-bond acceptors (Lipinski definition) is 4. The van der Waals surface area contributed by atoms with E-state index in [2.05, 4.69) is 47.5 Å². The molecule has 0 unspecified atom stereocenters. The van der Waals surface area contributed by atoms with Gasteiger partial charge < -0.3 is 10.4 Å². The summed E-state index contributed by atoms with van der Waals surface area (Å²) in [6.45, 7) is 2.51. The van der Waals surface area contributed by atoms with Crippen molar-refractivity contribution in [1.29, 1.82) is 0 Å². The lowest BCUT2D eigenvalue weighted by atomic mass is 10.2. The molecule has 0 amide bonds. The van der Waals surface area contributed by atoms with Crippen LogP contribution in [0.4, 0.5) is 0 Å². The van der Waals surface area contributed by atoms with Crippen molar-refractivity contribution in [3.05, 3.63) is 39.0 Å². The second-order valence-corrected chi connectivity index (χ2v) is 5.81. The van der Waals surface area contributed by atoms with Crippen LogP contribution in [0.3, 0.4) is 0 Å². The maximum Gasteiger partial charge on any atom is 0.143 e. The highest BCUT2D eigenvalue weighted by Crippen LogP contribution is 2.33. The molecule has 0 spiro atoms. The summed E-state index contributed by atoms with van der Waals surface area (Å²) < 4.78 is 3.21. The number of benzene rings is 1. The molecule has 2 rings (SSSR count). The Balaban J connectivity index is 1.74. The Morgan fingerprint density at radius 2 is 2.00 bits per heavy atom. The average molecular weight is 390 g/mol. The van der Waals surface area contributed by atoms with E-state index in [1.54, 1.807) is 6.20 Å². The van der Waals surface area contributed by atoms with Gasteiger partial charge >= 0.3 is 0 Å². The Hall–Kier alpha value is -0.920. The molecular formula is C12H14Br2N4O. The zero-order valence-corrected chi connectivity index (χ0v) is 13.4. The van der Waals surface area contributed by atoms with E-state index < -0.39 is 0 Å². The van der Waals surface area contributed by atoms with Gasteiger partial charge in [0.1, 0.15) is 5.75 Å². The summed E-state index contributed by atoms with van der Waals surface area (Å²) in [5.74, 6) is 0.231. The smallest absolute Gasteiger partial charge is 0.143 e. The van der Waals surface area contributed by atoms with Gasteiger partial charge in [-0.2, -0.15) is 0 Å². The Morgan fingerprint density at radius 3 is 2.63 bits per heavy atom. The minimum Gasteiger partial charge on any atom is -0.506 e. The molecule has 102 valence electrons. The predicted molar refractivity (Wildman–Crippen MR) is 79.9 cm³/mol. The van der Waals surface area contributed by atoms with Crippen LogP contribution < -0.4 is 5.32 Å². The normalized spacial score (nSPS) is 10.8. The fourth-order valence-electron chi connectivity index (χ4n) is 1.67. The monoisotopic (exact) mass is 388 g/mol. The third-order valence-electron chi connectivity index (χ3n) is 2.62. The van der Waals surface area contributed by atoms with E-state index in [1.165, 1.54) is 0 Å². The molecule has 0 aliphatic rings. The number of rotatable bonds is 6. The lowest BCUT2D eigenvalue weighted by molar-refractivity contribution is 0.468. The van der Waals surface area contributed by atoms with Gasteiger partial charge in [0.15, 0.2) is 0 Å². The minimum atomic E-state index is 0.231. The zero-order chi connectivity index (χ0) is 13.7. The van der Waals surface area contributed by atoms with Gasteiger partial charge in [-0.25, -0.2) is 0 Å². The van der Waals surface area contributed by atoms with Gasteiger partial charge in [-0.15, -0.1) is 5.10 Å². The summed E-state index contributed by atoms with van der Waals surface area (Å²) in [6, 6.07) is 3.81. The molecule has 0 saturated carbocycles. The van der Waals surface area contributed by atoms with Crippen LogP contribution >= 0.6 is 31.9 Å². The lowest BCUT2D eigenvalue weighted by Gasteiger charge is -2.08. The van der Waals surface area contributed by atoms with Crippen LogP contribution in [0.25, 0.3) is 0 Å². The highest BCUT2D eigenvalue weighted by Gasteiger charge is 2.05. The van der Waals surface area contributed by atoms with E-state index in [1.807, 2.05) is 23.0 Å². The van der Waals surface area contributed by atoms with Gasteiger partial charge in [0.25, 0.3) is 0 Å². The number of phenolic OH excluding ortho intramolecular Hbond substituents is 1. The predicted octanol–water partition coefficient (Wildman–Crippen LogP) is 2.69. The number of hydrogen-bond donors (Lipinski definition) is 2. The Morgan fingerprint density at radius 1 is 1.26 bits per heavy atom. The summed E-state index contributed by atoms with van der Waals surface area (Å²) in [6.07, 6.45) is 4.52. The first-order chi connectivity index (χ1) is 9.16. The third-order valence-corrected chi connectivity index (χ3v) is 3.83. The number of aryl methyl sites for hydroxylation is 1. The number of halogens is 2. The van der Waals surface area contributed by atoms with Crippen LogP contribution in [0.2, 0.25) is 0 Å². The van der Waals surface area contributed by atoms with Crippen molar-refractivity contribution in [2.75, 3.05) is 6.54 Å². The van der Waals surface area contributed by atoms with E-state index in [0.29, 0.717) is 8.95 Å². The Bertz CT molecular complexity index is 508. The summed E-state index contributed by atoms with van der Waals surface area (Å²) in [7, 11) is 0. The van der Waals surface area contributed by atoms with Crippen LogP contribution in [0.1, 0.15) is 12.0 Å². The van der Waals surface area contributed by atoms with Crippen LogP contribution in [0.5, 0.6) is 5.75 Å². The van der Waals surface area contributed by atoms with Crippen molar-refractivity contribution >= 4 is 31.9 Å². The van der Waals surface area contributed by atoms with E-state index >= 15 is 0 Å². The van der Waals surface area contributed by atoms with Crippen LogP contribution in [-0.4, -0.2) is 26.6 Å². The first-order valence-corrected chi connectivity index (χ1v) is 7.47. The SMILES string of the molecule is Oc1c(Br)cc(CNCCCn2ccnn2)cc1Br. The molecule has 0 bridgehead atoms. The standard InChI is InChI=1S/C12H14Br2N4O/c13-10-6-9(7-11(14)12(10)19)8-15-2-1-4-18-5-3-16-17-18/h3,5-7,15,19H,1-2,4,8H2. The maximum atomic E-state index is 9.62.